The molecule has 0 saturated carbocycles. The van der Waals surface area contributed by atoms with Gasteiger partial charge in [0.05, 0.1) is 5.60 Å². The molecule has 0 heterocycles. The lowest BCUT2D eigenvalue weighted by Gasteiger charge is -2.34. The van der Waals surface area contributed by atoms with Crippen LogP contribution in [0.5, 0.6) is 5.75 Å². The van der Waals surface area contributed by atoms with Crippen molar-refractivity contribution in [2.45, 2.75) is 92.1 Å². The Morgan fingerprint density at radius 2 is 1.30 bits per heavy atom. The van der Waals surface area contributed by atoms with Gasteiger partial charge in [0.25, 0.3) is 0 Å². The number of unbranched alkanes of at least 4 members (excludes halogenated alkanes) is 1. The zero-order valence-corrected chi connectivity index (χ0v) is 20.3. The SMILES string of the molecule is CCC(CC)(c1ccc(O)c(C)c1)c1ccc(/C=C/C(C)(C)O)c(C)c1.CCCC. The van der Waals surface area contributed by atoms with Crippen LogP contribution in [0.15, 0.2) is 42.5 Å². The minimum Gasteiger partial charge on any atom is -0.508 e. The third-order valence-electron chi connectivity index (χ3n) is 5.95. The van der Waals surface area contributed by atoms with Gasteiger partial charge in [-0.3, -0.25) is 0 Å². The third-order valence-corrected chi connectivity index (χ3v) is 5.95. The molecule has 0 aromatic heterocycles. The van der Waals surface area contributed by atoms with E-state index in [4.69, 9.17) is 0 Å². The Morgan fingerprint density at radius 3 is 1.70 bits per heavy atom. The molecule has 0 fully saturated rings. The third kappa shape index (κ3) is 6.74. The Hall–Kier alpha value is -2.06. The molecule has 166 valence electrons. The molecule has 0 aliphatic heterocycles. The Kier molecular flexibility index (Phi) is 9.84. The van der Waals surface area contributed by atoms with Gasteiger partial charge in [-0.25, -0.2) is 0 Å². The van der Waals surface area contributed by atoms with Crippen LogP contribution in [-0.2, 0) is 5.41 Å². The van der Waals surface area contributed by atoms with Crippen molar-refractivity contribution >= 4 is 6.08 Å². The number of hydrogen-bond donors (Lipinski definition) is 2. The fourth-order valence-electron chi connectivity index (χ4n) is 3.64. The molecule has 0 saturated heterocycles. The van der Waals surface area contributed by atoms with Crippen molar-refractivity contribution < 1.29 is 10.2 Å². The fourth-order valence-corrected chi connectivity index (χ4v) is 3.64. The molecule has 2 aromatic carbocycles. The van der Waals surface area contributed by atoms with E-state index >= 15 is 0 Å². The summed E-state index contributed by atoms with van der Waals surface area (Å²) in [5.41, 5.74) is 4.90. The minimum atomic E-state index is -0.814. The molecule has 2 heteroatoms. The zero-order chi connectivity index (χ0) is 22.9. The van der Waals surface area contributed by atoms with Gasteiger partial charge in [-0.1, -0.05) is 83.0 Å². The summed E-state index contributed by atoms with van der Waals surface area (Å²) in [6.07, 6.45) is 8.44. The van der Waals surface area contributed by atoms with Gasteiger partial charge in [-0.2, -0.15) is 0 Å². The summed E-state index contributed by atoms with van der Waals surface area (Å²) < 4.78 is 0. The quantitative estimate of drug-likeness (QED) is 0.491. The largest absolute Gasteiger partial charge is 0.508 e. The molecule has 0 aliphatic carbocycles. The molecular weight excluding hydrogens is 368 g/mol. The fraction of sp³-hybridized carbons (Fsp3) is 0.500. The van der Waals surface area contributed by atoms with E-state index in [2.05, 4.69) is 58.9 Å². The Labute approximate surface area is 184 Å². The first kappa shape index (κ1) is 26.0. The van der Waals surface area contributed by atoms with Crippen LogP contribution in [0.2, 0.25) is 0 Å². The highest BCUT2D eigenvalue weighted by Crippen LogP contribution is 2.40. The first-order chi connectivity index (χ1) is 14.0. The van der Waals surface area contributed by atoms with Crippen LogP contribution in [0.25, 0.3) is 6.08 Å². The Bertz CT molecular complexity index is 819. The number of phenolic OH excluding ortho intramolecular Hbond substituents is 1. The van der Waals surface area contributed by atoms with Gasteiger partial charge in [-0.05, 0) is 74.4 Å². The lowest BCUT2D eigenvalue weighted by atomic mass is 9.70. The molecule has 0 unspecified atom stereocenters. The van der Waals surface area contributed by atoms with E-state index in [1.807, 2.05) is 25.1 Å². The molecule has 2 aromatic rings. The predicted octanol–water partition coefficient (Wildman–Crippen LogP) is 7.71. The first-order valence-corrected chi connectivity index (χ1v) is 11.4. The topological polar surface area (TPSA) is 40.5 Å². The molecule has 2 nitrogen and oxygen atoms in total. The van der Waals surface area contributed by atoms with E-state index in [0.29, 0.717) is 5.75 Å². The van der Waals surface area contributed by atoms with Gasteiger partial charge in [0.1, 0.15) is 5.75 Å². The van der Waals surface area contributed by atoms with Crippen LogP contribution in [-0.4, -0.2) is 15.8 Å². The second-order valence-electron chi connectivity index (χ2n) is 8.85. The highest BCUT2D eigenvalue weighted by molar-refractivity contribution is 5.57. The zero-order valence-electron chi connectivity index (χ0n) is 20.3. The Morgan fingerprint density at radius 1 is 0.800 bits per heavy atom. The van der Waals surface area contributed by atoms with E-state index in [9.17, 15) is 10.2 Å². The molecule has 0 radical (unpaired) electrons. The highest BCUT2D eigenvalue weighted by atomic mass is 16.3. The molecule has 30 heavy (non-hydrogen) atoms. The van der Waals surface area contributed by atoms with Crippen molar-refractivity contribution in [3.8, 4) is 5.75 Å². The molecular formula is C28H42O2. The lowest BCUT2D eigenvalue weighted by Crippen LogP contribution is -2.26. The monoisotopic (exact) mass is 410 g/mol. The normalized spacial score (nSPS) is 12.0. The summed E-state index contributed by atoms with van der Waals surface area (Å²) in [6.45, 7) is 16.4. The van der Waals surface area contributed by atoms with Crippen LogP contribution >= 0.6 is 0 Å². The standard InChI is InChI=1S/C24H32O2.C4H10/c1-7-24(8-2,21-11-12-22(25)18(4)16-21)20-10-9-19(17(3)15-20)13-14-23(5,6)26;1-3-4-2/h9-16,25-26H,7-8H2,1-6H3;3-4H2,1-2H3/b14-13+;. The van der Waals surface area contributed by atoms with Gasteiger partial charge in [0, 0.05) is 5.41 Å². The summed E-state index contributed by atoms with van der Waals surface area (Å²) in [5, 5.41) is 19.8. The van der Waals surface area contributed by atoms with Crippen molar-refractivity contribution in [3.05, 3.63) is 70.3 Å². The number of aryl methyl sites for hydroxylation is 2. The van der Waals surface area contributed by atoms with Crippen LogP contribution in [0.1, 0.15) is 95.0 Å². The molecule has 0 atom stereocenters. The summed E-state index contributed by atoms with van der Waals surface area (Å²) in [6, 6.07) is 12.6. The summed E-state index contributed by atoms with van der Waals surface area (Å²) >= 11 is 0. The van der Waals surface area contributed by atoms with Gasteiger partial charge in [-0.15, -0.1) is 0 Å². The number of rotatable bonds is 7. The summed E-state index contributed by atoms with van der Waals surface area (Å²) in [7, 11) is 0. The van der Waals surface area contributed by atoms with E-state index in [1.165, 1.54) is 29.5 Å². The predicted molar refractivity (Wildman–Crippen MR) is 131 cm³/mol. The van der Waals surface area contributed by atoms with Crippen LogP contribution in [0.4, 0.5) is 0 Å². The van der Waals surface area contributed by atoms with Crippen LogP contribution in [0.3, 0.4) is 0 Å². The van der Waals surface area contributed by atoms with Gasteiger partial charge in [0.15, 0.2) is 0 Å². The second-order valence-corrected chi connectivity index (χ2v) is 8.85. The van der Waals surface area contributed by atoms with Gasteiger partial charge < -0.3 is 10.2 Å². The van der Waals surface area contributed by atoms with Crippen molar-refractivity contribution in [1.29, 1.82) is 0 Å². The number of hydrogen-bond acceptors (Lipinski definition) is 2. The van der Waals surface area contributed by atoms with E-state index in [0.717, 1.165) is 24.0 Å². The maximum Gasteiger partial charge on any atom is 0.118 e. The van der Waals surface area contributed by atoms with Crippen LogP contribution < -0.4 is 0 Å². The van der Waals surface area contributed by atoms with E-state index in [-0.39, 0.29) is 5.41 Å². The molecule has 2 N–H and O–H groups in total. The lowest BCUT2D eigenvalue weighted by molar-refractivity contribution is 0.134. The summed E-state index contributed by atoms with van der Waals surface area (Å²) in [4.78, 5) is 0. The van der Waals surface area contributed by atoms with Crippen LogP contribution in [0, 0.1) is 13.8 Å². The van der Waals surface area contributed by atoms with Crippen molar-refractivity contribution in [2.75, 3.05) is 0 Å². The van der Waals surface area contributed by atoms with Crippen molar-refractivity contribution in [1.82, 2.24) is 0 Å². The maximum absolute atomic E-state index is 9.92. The first-order valence-electron chi connectivity index (χ1n) is 11.4. The minimum absolute atomic E-state index is 0.0677. The summed E-state index contributed by atoms with van der Waals surface area (Å²) in [5.74, 6) is 0.345. The number of aliphatic hydroxyl groups is 1. The average molecular weight is 411 g/mol. The number of aromatic hydroxyl groups is 1. The highest BCUT2D eigenvalue weighted by Gasteiger charge is 2.31. The van der Waals surface area contributed by atoms with Gasteiger partial charge >= 0.3 is 0 Å². The average Bonchev–Trinajstić information content (AvgIpc) is 2.70. The van der Waals surface area contributed by atoms with Crippen molar-refractivity contribution in [3.63, 3.8) is 0 Å². The molecule has 0 aliphatic rings. The Balaban J connectivity index is 0.00000103. The molecule has 0 amide bonds. The van der Waals surface area contributed by atoms with E-state index in [1.54, 1.807) is 19.9 Å². The second kappa shape index (κ2) is 11.4. The van der Waals surface area contributed by atoms with E-state index < -0.39 is 5.60 Å². The maximum atomic E-state index is 9.92. The number of phenols is 1. The molecule has 0 spiro atoms. The molecule has 0 bridgehead atoms. The van der Waals surface area contributed by atoms with Gasteiger partial charge in [0.2, 0.25) is 0 Å². The van der Waals surface area contributed by atoms with Crippen molar-refractivity contribution in [2.24, 2.45) is 0 Å². The number of benzene rings is 2. The molecule has 2 rings (SSSR count). The smallest absolute Gasteiger partial charge is 0.118 e.